The van der Waals surface area contributed by atoms with Gasteiger partial charge < -0.3 is 5.32 Å². The van der Waals surface area contributed by atoms with Crippen LogP contribution in [0.15, 0.2) is 12.4 Å². The number of nitrogens with zero attached hydrogens (tertiary/aromatic N) is 3. The molecule has 2 unspecified atom stereocenters. The molecule has 0 aromatic carbocycles. The van der Waals surface area contributed by atoms with Crippen molar-refractivity contribution in [3.63, 3.8) is 0 Å². The third-order valence-electron chi connectivity index (χ3n) is 3.79. The number of hydrogen-bond acceptors (Lipinski definition) is 4. The summed E-state index contributed by atoms with van der Waals surface area (Å²) in [6.07, 6.45) is 8.47. The van der Waals surface area contributed by atoms with Crippen LogP contribution >= 0.6 is 11.6 Å². The number of anilines is 1. The largest absolute Gasteiger partial charge is 0.350 e. The van der Waals surface area contributed by atoms with Crippen molar-refractivity contribution in [2.45, 2.75) is 37.8 Å². The van der Waals surface area contributed by atoms with E-state index in [0.717, 1.165) is 0 Å². The first-order chi connectivity index (χ1) is 8.33. The van der Waals surface area contributed by atoms with Gasteiger partial charge in [-0.3, -0.25) is 4.90 Å². The normalized spacial score (nSPS) is 29.0. The van der Waals surface area contributed by atoms with E-state index in [4.69, 9.17) is 11.6 Å². The molecule has 2 aliphatic heterocycles. The van der Waals surface area contributed by atoms with Crippen molar-refractivity contribution in [1.29, 1.82) is 0 Å². The lowest BCUT2D eigenvalue weighted by molar-refractivity contribution is 0.192. The van der Waals surface area contributed by atoms with Crippen LogP contribution in [-0.4, -0.2) is 40.0 Å². The Hall–Kier alpha value is -0.870. The molecule has 0 radical (unpaired) electrons. The molecule has 0 aliphatic carbocycles. The zero-order chi connectivity index (χ0) is 11.7. The van der Waals surface area contributed by atoms with Gasteiger partial charge in [0.1, 0.15) is 0 Å². The summed E-state index contributed by atoms with van der Waals surface area (Å²) >= 11 is 5.78. The smallest absolute Gasteiger partial charge is 0.222 e. The summed E-state index contributed by atoms with van der Waals surface area (Å²) in [5.74, 6) is 0.701. The van der Waals surface area contributed by atoms with Crippen LogP contribution in [0.3, 0.4) is 0 Å². The maximum atomic E-state index is 5.78. The molecule has 92 valence electrons. The molecule has 2 saturated heterocycles. The second-order valence-corrected chi connectivity index (χ2v) is 5.30. The molecule has 4 nitrogen and oxygen atoms in total. The summed E-state index contributed by atoms with van der Waals surface area (Å²) in [7, 11) is 0. The lowest BCUT2D eigenvalue weighted by Crippen LogP contribution is -2.41. The zero-order valence-electron chi connectivity index (χ0n) is 9.77. The van der Waals surface area contributed by atoms with Gasteiger partial charge in [-0.25, -0.2) is 9.97 Å². The average molecular weight is 253 g/mol. The molecule has 3 rings (SSSR count). The Morgan fingerprint density at radius 3 is 2.82 bits per heavy atom. The number of rotatable bonds is 2. The molecule has 17 heavy (non-hydrogen) atoms. The highest BCUT2D eigenvalue weighted by Crippen LogP contribution is 2.28. The first-order valence-electron chi connectivity index (χ1n) is 6.31. The second kappa shape index (κ2) is 4.78. The van der Waals surface area contributed by atoms with E-state index >= 15 is 0 Å². The Labute approximate surface area is 106 Å². The van der Waals surface area contributed by atoms with Crippen LogP contribution in [0.25, 0.3) is 0 Å². The summed E-state index contributed by atoms with van der Waals surface area (Å²) < 4.78 is 0. The number of fused-ring (bicyclic) bond motifs is 1. The maximum Gasteiger partial charge on any atom is 0.222 e. The van der Waals surface area contributed by atoms with E-state index in [0.29, 0.717) is 23.1 Å². The number of aromatic nitrogens is 2. The van der Waals surface area contributed by atoms with Crippen molar-refractivity contribution in [2.24, 2.45) is 0 Å². The van der Waals surface area contributed by atoms with Gasteiger partial charge in [0, 0.05) is 18.6 Å². The van der Waals surface area contributed by atoms with Gasteiger partial charge in [0.25, 0.3) is 0 Å². The van der Waals surface area contributed by atoms with E-state index in [-0.39, 0.29) is 0 Å². The van der Waals surface area contributed by atoms with Crippen molar-refractivity contribution in [3.05, 3.63) is 17.4 Å². The summed E-state index contributed by atoms with van der Waals surface area (Å²) in [5, 5.41) is 4.03. The molecular formula is C12H17ClN4. The number of halogens is 1. The van der Waals surface area contributed by atoms with Crippen molar-refractivity contribution in [1.82, 2.24) is 14.9 Å². The maximum absolute atomic E-state index is 5.78. The fourth-order valence-corrected chi connectivity index (χ4v) is 3.07. The molecule has 2 aliphatic rings. The Morgan fingerprint density at radius 1 is 1.18 bits per heavy atom. The number of piperidine rings is 1. The quantitative estimate of drug-likeness (QED) is 0.876. The molecule has 3 heterocycles. The SMILES string of the molecule is Clc1cnc(NC2CCN3CCCCC23)nc1. The van der Waals surface area contributed by atoms with Gasteiger partial charge in [0.05, 0.1) is 17.4 Å². The minimum absolute atomic E-state index is 0.497. The molecule has 2 atom stereocenters. The Morgan fingerprint density at radius 2 is 2.00 bits per heavy atom. The monoisotopic (exact) mass is 252 g/mol. The van der Waals surface area contributed by atoms with Gasteiger partial charge in [0.2, 0.25) is 5.95 Å². The van der Waals surface area contributed by atoms with Crippen LogP contribution in [-0.2, 0) is 0 Å². The summed E-state index contributed by atoms with van der Waals surface area (Å²) in [5.41, 5.74) is 0. The fraction of sp³-hybridized carbons (Fsp3) is 0.667. The van der Waals surface area contributed by atoms with Crippen LogP contribution in [0.1, 0.15) is 25.7 Å². The number of nitrogens with one attached hydrogen (secondary N) is 1. The van der Waals surface area contributed by atoms with Crippen molar-refractivity contribution in [3.8, 4) is 0 Å². The van der Waals surface area contributed by atoms with Crippen LogP contribution in [0, 0.1) is 0 Å². The lowest BCUT2D eigenvalue weighted by Gasteiger charge is -2.32. The highest BCUT2D eigenvalue weighted by molar-refractivity contribution is 6.30. The molecule has 1 aromatic rings. The molecule has 0 saturated carbocycles. The Bertz CT molecular complexity index is 381. The summed E-state index contributed by atoms with van der Waals surface area (Å²) in [4.78, 5) is 11.0. The van der Waals surface area contributed by atoms with E-state index in [1.54, 1.807) is 12.4 Å². The van der Waals surface area contributed by atoms with Crippen LogP contribution in [0.5, 0.6) is 0 Å². The predicted molar refractivity (Wildman–Crippen MR) is 68.3 cm³/mol. The Balaban J connectivity index is 1.67. The first-order valence-corrected chi connectivity index (χ1v) is 6.69. The molecule has 1 aromatic heterocycles. The van der Waals surface area contributed by atoms with Gasteiger partial charge in [-0.1, -0.05) is 18.0 Å². The molecule has 0 bridgehead atoms. The van der Waals surface area contributed by atoms with Crippen LogP contribution in [0.2, 0.25) is 5.02 Å². The minimum Gasteiger partial charge on any atom is -0.350 e. The Kier molecular flexibility index (Phi) is 3.16. The highest BCUT2D eigenvalue weighted by Gasteiger charge is 2.35. The van der Waals surface area contributed by atoms with Gasteiger partial charge >= 0.3 is 0 Å². The van der Waals surface area contributed by atoms with E-state index in [2.05, 4.69) is 20.2 Å². The standard InChI is InChI=1S/C12H17ClN4/c13-9-7-14-12(15-8-9)16-10-4-6-17-5-2-1-3-11(10)17/h7-8,10-11H,1-6H2,(H,14,15,16). The molecule has 0 spiro atoms. The van der Waals surface area contributed by atoms with E-state index in [1.807, 2.05) is 0 Å². The van der Waals surface area contributed by atoms with Gasteiger partial charge in [-0.2, -0.15) is 0 Å². The van der Waals surface area contributed by atoms with E-state index in [1.165, 1.54) is 38.8 Å². The molecule has 5 heteroatoms. The molecule has 1 N–H and O–H groups in total. The van der Waals surface area contributed by atoms with Crippen molar-refractivity contribution >= 4 is 17.5 Å². The number of hydrogen-bond donors (Lipinski definition) is 1. The first kappa shape index (κ1) is 11.2. The van der Waals surface area contributed by atoms with E-state index < -0.39 is 0 Å². The van der Waals surface area contributed by atoms with Crippen LogP contribution < -0.4 is 5.32 Å². The zero-order valence-corrected chi connectivity index (χ0v) is 10.5. The summed E-state index contributed by atoms with van der Waals surface area (Å²) in [6.45, 7) is 2.46. The molecule has 0 amide bonds. The van der Waals surface area contributed by atoms with E-state index in [9.17, 15) is 0 Å². The molecular weight excluding hydrogens is 236 g/mol. The highest BCUT2D eigenvalue weighted by atomic mass is 35.5. The third-order valence-corrected chi connectivity index (χ3v) is 3.99. The van der Waals surface area contributed by atoms with Gasteiger partial charge in [-0.15, -0.1) is 0 Å². The van der Waals surface area contributed by atoms with Crippen molar-refractivity contribution < 1.29 is 0 Å². The second-order valence-electron chi connectivity index (χ2n) is 4.86. The average Bonchev–Trinajstić information content (AvgIpc) is 2.76. The molecule has 2 fully saturated rings. The lowest BCUT2D eigenvalue weighted by atomic mass is 9.99. The van der Waals surface area contributed by atoms with Crippen molar-refractivity contribution in [2.75, 3.05) is 18.4 Å². The predicted octanol–water partition coefficient (Wildman–Crippen LogP) is 2.17. The third kappa shape index (κ3) is 2.38. The fourth-order valence-electron chi connectivity index (χ4n) is 2.97. The van der Waals surface area contributed by atoms with Gasteiger partial charge in [0.15, 0.2) is 0 Å². The van der Waals surface area contributed by atoms with Gasteiger partial charge in [-0.05, 0) is 25.8 Å². The topological polar surface area (TPSA) is 41.1 Å². The summed E-state index contributed by atoms with van der Waals surface area (Å²) in [6, 6.07) is 1.17. The van der Waals surface area contributed by atoms with Crippen LogP contribution in [0.4, 0.5) is 5.95 Å². The minimum atomic E-state index is 0.497.